The van der Waals surface area contributed by atoms with E-state index in [4.69, 9.17) is 0 Å². The van der Waals surface area contributed by atoms with Crippen molar-refractivity contribution in [2.45, 2.75) is 24.7 Å². The van der Waals surface area contributed by atoms with Crippen molar-refractivity contribution >= 4 is 28.5 Å². The summed E-state index contributed by atoms with van der Waals surface area (Å²) in [5.74, 6) is -1.84. The average Bonchev–Trinajstić information content (AvgIpc) is 3.39. The van der Waals surface area contributed by atoms with Crippen molar-refractivity contribution in [3.63, 3.8) is 0 Å². The normalized spacial score (nSPS) is 23.8. The molecule has 3 N–H and O–H groups in total. The van der Waals surface area contributed by atoms with Crippen LogP contribution in [-0.2, 0) is 4.79 Å². The maximum Gasteiger partial charge on any atom is 0.234 e. The van der Waals surface area contributed by atoms with E-state index in [0.29, 0.717) is 5.17 Å². The Labute approximate surface area is 182 Å². The second kappa shape index (κ2) is 8.20. The predicted molar refractivity (Wildman–Crippen MR) is 115 cm³/mol. The molecule has 7 nitrogen and oxygen atoms in total. The first-order chi connectivity index (χ1) is 15.1. The van der Waals surface area contributed by atoms with Crippen LogP contribution in [0.3, 0.4) is 0 Å². The van der Waals surface area contributed by atoms with Gasteiger partial charge >= 0.3 is 0 Å². The molecule has 0 aliphatic carbocycles. The van der Waals surface area contributed by atoms with Crippen molar-refractivity contribution in [2.24, 2.45) is 5.10 Å². The van der Waals surface area contributed by atoms with Gasteiger partial charge in [0.2, 0.25) is 5.91 Å². The van der Waals surface area contributed by atoms with E-state index < -0.39 is 17.5 Å². The lowest BCUT2D eigenvalue weighted by Crippen LogP contribution is -2.54. The van der Waals surface area contributed by atoms with Crippen LogP contribution in [0.15, 0.2) is 66.0 Å². The van der Waals surface area contributed by atoms with Crippen molar-refractivity contribution in [3.8, 4) is 0 Å². The fourth-order valence-electron chi connectivity index (χ4n) is 3.96. The fourth-order valence-corrected chi connectivity index (χ4v) is 4.73. The van der Waals surface area contributed by atoms with Gasteiger partial charge in [-0.25, -0.2) is 14.2 Å². The molecule has 3 unspecified atom stereocenters. The summed E-state index contributed by atoms with van der Waals surface area (Å²) in [5.41, 5.74) is 7.87. The van der Waals surface area contributed by atoms with Gasteiger partial charge in [-0.05, 0) is 24.1 Å². The molecule has 0 aromatic heterocycles. The van der Waals surface area contributed by atoms with Gasteiger partial charge in [-0.15, -0.1) is 0 Å². The second-order valence-electron chi connectivity index (χ2n) is 7.44. The largest absolute Gasteiger partial charge is 0.323 e. The molecule has 0 bridgehead atoms. The number of thioether (sulfide) groups is 1. The summed E-state index contributed by atoms with van der Waals surface area (Å²) in [6.45, 7) is 0. The Morgan fingerprint density at radius 3 is 2.84 bits per heavy atom. The zero-order chi connectivity index (χ0) is 21.4. The Kier molecular flexibility index (Phi) is 5.24. The van der Waals surface area contributed by atoms with Crippen molar-refractivity contribution in [1.29, 1.82) is 0 Å². The van der Waals surface area contributed by atoms with E-state index in [1.807, 2.05) is 35.5 Å². The number of hydrogen-bond acceptors (Lipinski definition) is 7. The van der Waals surface area contributed by atoms with Gasteiger partial charge < -0.3 is 15.2 Å². The van der Waals surface area contributed by atoms with Crippen LogP contribution in [0.5, 0.6) is 0 Å². The van der Waals surface area contributed by atoms with E-state index in [2.05, 4.69) is 38.4 Å². The van der Waals surface area contributed by atoms with Crippen molar-refractivity contribution in [2.75, 3.05) is 11.1 Å². The molecule has 10 heteroatoms. The van der Waals surface area contributed by atoms with Crippen molar-refractivity contribution < 1.29 is 13.6 Å². The minimum atomic E-state index is -0.806. The van der Waals surface area contributed by atoms with Crippen LogP contribution < -0.4 is 16.2 Å². The maximum absolute atomic E-state index is 13.7. The Morgan fingerprint density at radius 1 is 1.19 bits per heavy atom. The van der Waals surface area contributed by atoms with Gasteiger partial charge in [-0.2, -0.15) is 5.10 Å². The smallest absolute Gasteiger partial charge is 0.234 e. The van der Waals surface area contributed by atoms with Crippen LogP contribution in [-0.4, -0.2) is 38.9 Å². The number of hydrazone groups is 1. The molecule has 0 saturated carbocycles. The number of amidine groups is 1. The molecule has 3 aliphatic rings. The van der Waals surface area contributed by atoms with Crippen molar-refractivity contribution in [3.05, 3.63) is 78.1 Å². The number of anilines is 1. The summed E-state index contributed by atoms with van der Waals surface area (Å²) in [4.78, 5) is 14.2. The van der Waals surface area contributed by atoms with E-state index in [1.54, 1.807) is 0 Å². The number of hydrazine groups is 1. The van der Waals surface area contributed by atoms with Crippen LogP contribution in [0.2, 0.25) is 0 Å². The Balaban J connectivity index is 1.18. The molecule has 3 aliphatic heterocycles. The Bertz CT molecular complexity index is 1050. The van der Waals surface area contributed by atoms with Gasteiger partial charge in [0.05, 0.1) is 23.5 Å². The molecule has 2 aromatic rings. The number of benzene rings is 2. The lowest BCUT2D eigenvalue weighted by Gasteiger charge is -2.36. The zero-order valence-corrected chi connectivity index (χ0v) is 17.2. The molecule has 160 valence electrons. The third-order valence-electron chi connectivity index (χ3n) is 5.44. The Hall–Kier alpha value is -3.11. The molecule has 5 rings (SSSR count). The molecule has 1 fully saturated rings. The summed E-state index contributed by atoms with van der Waals surface area (Å²) in [7, 11) is 0. The molecule has 3 heterocycles. The van der Waals surface area contributed by atoms with Crippen LogP contribution in [0, 0.1) is 11.6 Å². The molecule has 1 amide bonds. The first-order valence-corrected chi connectivity index (χ1v) is 10.8. The molecular formula is C21H20F2N6OS. The van der Waals surface area contributed by atoms with Gasteiger partial charge in [0, 0.05) is 18.5 Å². The fraction of sp³-hybridized carbons (Fsp3) is 0.238. The highest BCUT2D eigenvalue weighted by Crippen LogP contribution is 2.35. The SMILES string of the molecule is O=C(CSC1=NNC2C3CC(c4ccccc4)NN3C=CN12)Nc1ccc(F)cc1F. The summed E-state index contributed by atoms with van der Waals surface area (Å²) in [5, 5.41) is 9.62. The molecule has 2 aromatic carbocycles. The van der Waals surface area contributed by atoms with E-state index in [0.717, 1.165) is 18.6 Å². The van der Waals surface area contributed by atoms with Crippen LogP contribution in [0.25, 0.3) is 0 Å². The topological polar surface area (TPSA) is 72.0 Å². The third-order valence-corrected chi connectivity index (χ3v) is 6.41. The lowest BCUT2D eigenvalue weighted by atomic mass is 10.00. The molecule has 0 spiro atoms. The average molecular weight is 442 g/mol. The second-order valence-corrected chi connectivity index (χ2v) is 8.38. The number of rotatable bonds is 4. The van der Waals surface area contributed by atoms with E-state index >= 15 is 0 Å². The van der Waals surface area contributed by atoms with E-state index in [1.165, 1.54) is 23.4 Å². The highest BCUT2D eigenvalue weighted by atomic mass is 32.2. The molecule has 1 saturated heterocycles. The summed E-state index contributed by atoms with van der Waals surface area (Å²) in [6.07, 6.45) is 4.75. The van der Waals surface area contributed by atoms with Gasteiger partial charge in [0.1, 0.15) is 17.8 Å². The van der Waals surface area contributed by atoms with Crippen LogP contribution >= 0.6 is 11.8 Å². The zero-order valence-electron chi connectivity index (χ0n) is 16.3. The van der Waals surface area contributed by atoms with Crippen LogP contribution in [0.1, 0.15) is 18.0 Å². The van der Waals surface area contributed by atoms with E-state index in [-0.39, 0.29) is 29.7 Å². The third kappa shape index (κ3) is 3.96. The first kappa shape index (κ1) is 19.8. The number of carbonyl (C=O) groups is 1. The minimum Gasteiger partial charge on any atom is -0.323 e. The highest BCUT2D eigenvalue weighted by molar-refractivity contribution is 8.14. The Morgan fingerprint density at radius 2 is 2.03 bits per heavy atom. The summed E-state index contributed by atoms with van der Waals surface area (Å²) < 4.78 is 26.7. The number of halogens is 2. The summed E-state index contributed by atoms with van der Waals surface area (Å²) >= 11 is 1.25. The molecular weight excluding hydrogens is 422 g/mol. The number of hydrogen-bond donors (Lipinski definition) is 3. The molecule has 3 atom stereocenters. The highest BCUT2D eigenvalue weighted by Gasteiger charge is 2.44. The van der Waals surface area contributed by atoms with Gasteiger partial charge in [-0.1, -0.05) is 42.1 Å². The monoisotopic (exact) mass is 442 g/mol. The number of carbonyl (C=O) groups excluding carboxylic acids is 1. The van der Waals surface area contributed by atoms with Gasteiger partial charge in [0.25, 0.3) is 0 Å². The standard InChI is InChI=1S/C21H20F2N6OS/c22-14-6-7-16(15(23)10-14)24-19(30)12-31-21-26-25-20-18-11-17(13-4-2-1-3-5-13)27-29(18)9-8-28(20)21/h1-10,17-18,20,25,27H,11-12H2,(H,24,30). The maximum atomic E-state index is 13.7. The van der Waals surface area contributed by atoms with Crippen LogP contribution in [0.4, 0.5) is 14.5 Å². The van der Waals surface area contributed by atoms with Crippen molar-refractivity contribution in [1.82, 2.24) is 20.8 Å². The number of fused-ring (bicyclic) bond motifs is 3. The summed E-state index contributed by atoms with van der Waals surface area (Å²) in [6, 6.07) is 13.7. The first-order valence-electron chi connectivity index (χ1n) is 9.85. The number of amides is 1. The van der Waals surface area contributed by atoms with Gasteiger partial charge in [0.15, 0.2) is 5.17 Å². The minimum absolute atomic E-state index is 0.0474. The molecule has 31 heavy (non-hydrogen) atoms. The quantitative estimate of drug-likeness (QED) is 0.677. The number of nitrogens with one attached hydrogen (secondary N) is 3. The lowest BCUT2D eigenvalue weighted by molar-refractivity contribution is -0.113. The number of nitrogens with zero attached hydrogens (tertiary/aromatic N) is 3. The van der Waals surface area contributed by atoms with Gasteiger partial charge in [-0.3, -0.25) is 10.2 Å². The van der Waals surface area contributed by atoms with E-state index in [9.17, 15) is 13.6 Å². The predicted octanol–water partition coefficient (Wildman–Crippen LogP) is 2.94. The molecule has 0 radical (unpaired) electrons.